The van der Waals surface area contributed by atoms with E-state index in [0.717, 1.165) is 42.7 Å². The third-order valence-electron chi connectivity index (χ3n) is 13.9. The van der Waals surface area contributed by atoms with Crippen LogP contribution in [-0.2, 0) is 0 Å². The standard InChI is InChI=1S/C62H48N2S/c1-41-30-36-55(45-33-31-44(32-34-45)42-16-4-2-5-17-42)63-56(27-15-26-50(41)49-23-14-22-46(38-49)43-18-6-3-7-19-43)52-35-37-58(62-61(52)53-25-11-13-29-60(53)65-62)64-57-28-12-10-24-51(57)54-39-47-20-8-9-21-48(47)40-59(54)64/h2-14,16-25,28-29,31-41,50H,15,26-27,30H2,1H3/b55-36+,63-56+. The Morgan fingerprint density at radius 2 is 1.17 bits per heavy atom. The highest BCUT2D eigenvalue weighted by molar-refractivity contribution is 7.26. The number of fused-ring (bicyclic) bond motifs is 7. The molecule has 1 aliphatic heterocycles. The number of aliphatic imine (C=N–C) groups is 1. The average Bonchev–Trinajstić information content (AvgIpc) is 3.92. The van der Waals surface area contributed by atoms with Crippen LogP contribution in [0.1, 0.15) is 55.2 Å². The molecule has 0 saturated carbocycles. The van der Waals surface area contributed by atoms with Crippen molar-refractivity contribution in [1.82, 2.24) is 4.57 Å². The van der Waals surface area contributed by atoms with E-state index in [2.05, 4.69) is 224 Å². The lowest BCUT2D eigenvalue weighted by Gasteiger charge is -2.26. The zero-order chi connectivity index (χ0) is 43.3. The van der Waals surface area contributed by atoms with Crippen LogP contribution in [0.4, 0.5) is 0 Å². The molecular weight excluding hydrogens is 805 g/mol. The van der Waals surface area contributed by atoms with E-state index in [9.17, 15) is 0 Å². The highest BCUT2D eigenvalue weighted by Crippen LogP contribution is 2.44. The first-order valence-electron chi connectivity index (χ1n) is 23.1. The number of rotatable bonds is 6. The summed E-state index contributed by atoms with van der Waals surface area (Å²) in [5, 5.41) is 7.65. The summed E-state index contributed by atoms with van der Waals surface area (Å²) >= 11 is 1.91. The van der Waals surface area contributed by atoms with Gasteiger partial charge >= 0.3 is 0 Å². The number of hydrogen-bond donors (Lipinski definition) is 0. The highest BCUT2D eigenvalue weighted by atomic mass is 32.1. The van der Waals surface area contributed by atoms with Crippen LogP contribution in [0.5, 0.6) is 0 Å². The molecule has 0 aliphatic carbocycles. The van der Waals surface area contributed by atoms with Crippen molar-refractivity contribution in [2.45, 2.75) is 38.5 Å². The molecule has 2 unspecified atom stereocenters. The molecule has 3 heterocycles. The quantitative estimate of drug-likeness (QED) is 0.159. The minimum absolute atomic E-state index is 0.409. The van der Waals surface area contributed by atoms with Crippen LogP contribution in [0.2, 0.25) is 0 Å². The molecule has 3 heteroatoms. The van der Waals surface area contributed by atoms with E-state index in [4.69, 9.17) is 4.99 Å². The van der Waals surface area contributed by atoms with E-state index in [1.807, 2.05) is 11.3 Å². The highest BCUT2D eigenvalue weighted by Gasteiger charge is 2.25. The van der Waals surface area contributed by atoms with E-state index in [1.54, 1.807) is 0 Å². The number of benzene rings is 9. The third-order valence-corrected chi connectivity index (χ3v) is 15.1. The molecular formula is C62H48N2S. The second-order valence-corrected chi connectivity index (χ2v) is 18.9. The van der Waals surface area contributed by atoms with Gasteiger partial charge in [-0.05, 0) is 112 Å². The van der Waals surface area contributed by atoms with Gasteiger partial charge in [0.25, 0.3) is 0 Å². The van der Waals surface area contributed by atoms with Crippen molar-refractivity contribution >= 4 is 75.5 Å². The zero-order valence-electron chi connectivity index (χ0n) is 36.5. The van der Waals surface area contributed by atoms with Crippen LogP contribution in [0, 0.1) is 5.92 Å². The molecule has 1 aliphatic rings. The zero-order valence-corrected chi connectivity index (χ0v) is 37.3. The number of aromatic nitrogens is 1. The lowest BCUT2D eigenvalue weighted by atomic mass is 9.80. The van der Waals surface area contributed by atoms with E-state index in [0.29, 0.717) is 11.8 Å². The first kappa shape index (κ1) is 39.3. The van der Waals surface area contributed by atoms with Gasteiger partial charge < -0.3 is 4.57 Å². The molecule has 0 saturated heterocycles. The van der Waals surface area contributed by atoms with Crippen molar-refractivity contribution in [3.8, 4) is 27.9 Å². The maximum atomic E-state index is 5.80. The summed E-state index contributed by atoms with van der Waals surface area (Å²) in [5.74, 6) is 0.846. The van der Waals surface area contributed by atoms with Crippen molar-refractivity contribution in [1.29, 1.82) is 0 Å². The maximum Gasteiger partial charge on any atom is 0.0665 e. The Kier molecular flexibility index (Phi) is 10.1. The molecule has 0 fully saturated rings. The SMILES string of the molecule is CC1C/C=C(c2ccc(-c3ccccc3)cc2)/N=C(/c2ccc(-n3c4ccccc4c4cc5ccccc5cc43)c3sc4ccccc4c23)CCCC1c1cccc(-c2ccccc2)c1. The Bertz CT molecular complexity index is 3610. The van der Waals surface area contributed by atoms with Crippen LogP contribution >= 0.6 is 11.3 Å². The summed E-state index contributed by atoms with van der Waals surface area (Å²) in [4.78, 5) is 5.80. The molecule has 0 N–H and O–H groups in total. The van der Waals surface area contributed by atoms with Crippen molar-refractivity contribution in [2.24, 2.45) is 10.9 Å². The summed E-state index contributed by atoms with van der Waals surface area (Å²) < 4.78 is 5.10. The first-order valence-corrected chi connectivity index (χ1v) is 23.9. The van der Waals surface area contributed by atoms with Gasteiger partial charge in [-0.1, -0.05) is 189 Å². The van der Waals surface area contributed by atoms with Gasteiger partial charge in [0.2, 0.25) is 0 Å². The Labute approximate surface area is 384 Å². The summed E-state index contributed by atoms with van der Waals surface area (Å²) in [6.07, 6.45) is 6.37. The van der Waals surface area contributed by atoms with E-state index >= 15 is 0 Å². The number of hydrogen-bond acceptors (Lipinski definition) is 2. The normalized spacial score (nSPS) is 17.6. The van der Waals surface area contributed by atoms with Gasteiger partial charge in [0.1, 0.15) is 0 Å². The molecule has 65 heavy (non-hydrogen) atoms. The van der Waals surface area contributed by atoms with Crippen LogP contribution in [0.3, 0.4) is 0 Å². The van der Waals surface area contributed by atoms with Gasteiger partial charge in [-0.15, -0.1) is 11.3 Å². The fourth-order valence-electron chi connectivity index (χ4n) is 10.5. The Hall–Kier alpha value is -7.33. The second kappa shape index (κ2) is 16.7. The monoisotopic (exact) mass is 852 g/mol. The van der Waals surface area contributed by atoms with Crippen molar-refractivity contribution in [3.05, 3.63) is 229 Å². The van der Waals surface area contributed by atoms with Gasteiger partial charge in [0.15, 0.2) is 0 Å². The predicted molar refractivity (Wildman–Crippen MR) is 280 cm³/mol. The van der Waals surface area contributed by atoms with Gasteiger partial charge in [-0.2, -0.15) is 0 Å². The lowest BCUT2D eigenvalue weighted by molar-refractivity contribution is 0.430. The lowest BCUT2D eigenvalue weighted by Crippen LogP contribution is -2.13. The van der Waals surface area contributed by atoms with E-state index < -0.39 is 0 Å². The number of allylic oxidation sites excluding steroid dienone is 1. The maximum absolute atomic E-state index is 5.80. The van der Waals surface area contributed by atoms with Gasteiger partial charge in [-0.25, -0.2) is 0 Å². The molecule has 11 aromatic rings. The minimum Gasteiger partial charge on any atom is -0.308 e. The van der Waals surface area contributed by atoms with Crippen molar-refractivity contribution in [2.75, 3.05) is 0 Å². The van der Waals surface area contributed by atoms with E-state index in [-0.39, 0.29) is 0 Å². The fourth-order valence-corrected chi connectivity index (χ4v) is 11.8. The second-order valence-electron chi connectivity index (χ2n) is 17.8. The predicted octanol–water partition coefficient (Wildman–Crippen LogP) is 17.5. The summed E-state index contributed by atoms with van der Waals surface area (Å²) in [7, 11) is 0. The van der Waals surface area contributed by atoms with Gasteiger partial charge in [0.05, 0.1) is 27.1 Å². The number of para-hydroxylation sites is 1. The fraction of sp³-hybridized carbons (Fsp3) is 0.113. The topological polar surface area (TPSA) is 17.3 Å². The van der Waals surface area contributed by atoms with Crippen LogP contribution in [0.25, 0.3) is 86.4 Å². The molecule has 2 atom stereocenters. The molecule has 312 valence electrons. The summed E-state index contributed by atoms with van der Waals surface area (Å²) in [6, 6.07) is 76.0. The molecule has 12 rings (SSSR count). The minimum atomic E-state index is 0.409. The molecule has 2 nitrogen and oxygen atoms in total. The third kappa shape index (κ3) is 7.17. The smallest absolute Gasteiger partial charge is 0.0665 e. The van der Waals surface area contributed by atoms with Crippen molar-refractivity contribution < 1.29 is 0 Å². The molecule has 2 aromatic heterocycles. The van der Waals surface area contributed by atoms with Crippen LogP contribution < -0.4 is 0 Å². The molecule has 9 aromatic carbocycles. The van der Waals surface area contributed by atoms with E-state index in [1.165, 1.54) is 91.8 Å². The van der Waals surface area contributed by atoms with Crippen LogP contribution in [-0.4, -0.2) is 10.3 Å². The Morgan fingerprint density at radius 3 is 1.97 bits per heavy atom. The Balaban J connectivity index is 1.03. The average molecular weight is 853 g/mol. The van der Waals surface area contributed by atoms with Gasteiger partial charge in [-0.3, -0.25) is 4.99 Å². The Morgan fingerprint density at radius 1 is 0.523 bits per heavy atom. The largest absolute Gasteiger partial charge is 0.308 e. The first-order chi connectivity index (χ1) is 32.1. The summed E-state index contributed by atoms with van der Waals surface area (Å²) in [5.41, 5.74) is 14.7. The molecule has 0 radical (unpaired) electrons. The summed E-state index contributed by atoms with van der Waals surface area (Å²) in [6.45, 7) is 2.44. The molecule has 0 spiro atoms. The van der Waals surface area contributed by atoms with Crippen LogP contribution in [0.15, 0.2) is 217 Å². The molecule has 0 amide bonds. The van der Waals surface area contributed by atoms with Crippen molar-refractivity contribution in [3.63, 3.8) is 0 Å². The number of thiophene rings is 1. The molecule has 0 bridgehead atoms. The van der Waals surface area contributed by atoms with Gasteiger partial charge in [0, 0.05) is 37.5 Å². The number of nitrogens with zero attached hydrogens (tertiary/aromatic N) is 2.